The number of anilines is 1. The summed E-state index contributed by atoms with van der Waals surface area (Å²) in [5, 5.41) is 4.00. The first kappa shape index (κ1) is 11.7. The number of hydrogen-bond donors (Lipinski definition) is 2. The van der Waals surface area contributed by atoms with Crippen LogP contribution in [0.25, 0.3) is 0 Å². The number of rotatable bonds is 4. The first-order valence-electron chi connectivity index (χ1n) is 5.50. The quantitative estimate of drug-likeness (QED) is 0.811. The number of nitrogens with two attached hydrogens (primary N) is 1. The van der Waals surface area contributed by atoms with E-state index in [1.165, 1.54) is 19.3 Å². The fourth-order valence-electron chi connectivity index (χ4n) is 1.78. The number of benzene rings is 1. The second-order valence-corrected chi connectivity index (χ2v) is 5.08. The second kappa shape index (κ2) is 5.02. The lowest BCUT2D eigenvalue weighted by Gasteiger charge is -2.25. The Labute approximate surface area is 106 Å². The highest BCUT2D eigenvalue weighted by atomic mass is 35.5. The molecule has 0 amide bonds. The number of nitrogens with one attached hydrogen (secondary N) is 1. The van der Waals surface area contributed by atoms with Gasteiger partial charge in [0.25, 0.3) is 0 Å². The van der Waals surface area contributed by atoms with Gasteiger partial charge in [-0.1, -0.05) is 30.2 Å². The van der Waals surface area contributed by atoms with Crippen LogP contribution in [0.4, 0.5) is 5.69 Å². The van der Waals surface area contributed by atoms with Crippen molar-refractivity contribution in [2.75, 3.05) is 11.9 Å². The van der Waals surface area contributed by atoms with Crippen molar-refractivity contribution in [3.05, 3.63) is 28.8 Å². The lowest BCUT2D eigenvalue weighted by atomic mass is 9.85. The largest absolute Gasteiger partial charge is 0.389 e. The van der Waals surface area contributed by atoms with Crippen LogP contribution in [0.3, 0.4) is 0 Å². The van der Waals surface area contributed by atoms with Crippen LogP contribution in [0, 0.1) is 5.92 Å². The molecule has 1 aliphatic carbocycles. The molecule has 1 aromatic carbocycles. The van der Waals surface area contributed by atoms with Crippen molar-refractivity contribution in [3.8, 4) is 0 Å². The summed E-state index contributed by atoms with van der Waals surface area (Å²) in [4.78, 5) is 0.343. The van der Waals surface area contributed by atoms with Gasteiger partial charge in [-0.2, -0.15) is 0 Å². The molecule has 1 saturated carbocycles. The molecule has 86 valence electrons. The third kappa shape index (κ3) is 2.66. The van der Waals surface area contributed by atoms with Crippen molar-refractivity contribution < 1.29 is 0 Å². The van der Waals surface area contributed by atoms with Crippen LogP contribution >= 0.6 is 23.8 Å². The molecule has 4 heteroatoms. The molecule has 0 aliphatic heterocycles. The Kier molecular flexibility index (Phi) is 3.66. The minimum absolute atomic E-state index is 0.343. The van der Waals surface area contributed by atoms with E-state index in [0.29, 0.717) is 10.0 Å². The summed E-state index contributed by atoms with van der Waals surface area (Å²) >= 11 is 11.0. The van der Waals surface area contributed by atoms with Gasteiger partial charge in [-0.25, -0.2) is 0 Å². The summed E-state index contributed by atoms with van der Waals surface area (Å²) in [6.45, 7) is 1.03. The van der Waals surface area contributed by atoms with Gasteiger partial charge >= 0.3 is 0 Å². The molecule has 3 N–H and O–H groups in total. The standard InChI is InChI=1S/C12H15ClN2S/c13-11-6-9(4-5-10(11)12(14)16)15-7-8-2-1-3-8/h4-6,8,15H,1-3,7H2,(H2,14,16). The van der Waals surface area contributed by atoms with Gasteiger partial charge in [0.2, 0.25) is 0 Å². The van der Waals surface area contributed by atoms with Gasteiger partial charge in [0, 0.05) is 17.8 Å². The molecule has 0 atom stereocenters. The Bertz CT molecular complexity index is 402. The van der Waals surface area contributed by atoms with Crippen molar-refractivity contribution in [3.63, 3.8) is 0 Å². The van der Waals surface area contributed by atoms with Crippen LogP contribution in [0.2, 0.25) is 5.02 Å². The molecule has 2 nitrogen and oxygen atoms in total. The predicted octanol–water partition coefficient (Wildman–Crippen LogP) is 3.19. The van der Waals surface area contributed by atoms with Crippen LogP contribution in [0.15, 0.2) is 18.2 Å². The molecule has 1 aromatic rings. The summed E-state index contributed by atoms with van der Waals surface area (Å²) < 4.78 is 0. The molecule has 0 unspecified atom stereocenters. The van der Waals surface area contributed by atoms with Gasteiger partial charge in [-0.3, -0.25) is 0 Å². The van der Waals surface area contributed by atoms with E-state index in [2.05, 4.69) is 5.32 Å². The van der Waals surface area contributed by atoms with Crippen molar-refractivity contribution in [2.24, 2.45) is 11.7 Å². The molecule has 0 aromatic heterocycles. The normalized spacial score (nSPS) is 15.6. The molecular weight excluding hydrogens is 240 g/mol. The average Bonchev–Trinajstić information content (AvgIpc) is 2.14. The molecule has 0 saturated heterocycles. The van der Waals surface area contributed by atoms with Gasteiger partial charge < -0.3 is 11.1 Å². The Morgan fingerprint density at radius 1 is 1.50 bits per heavy atom. The first-order chi connectivity index (χ1) is 7.66. The molecule has 2 rings (SSSR count). The second-order valence-electron chi connectivity index (χ2n) is 4.24. The highest BCUT2D eigenvalue weighted by Crippen LogP contribution is 2.27. The maximum atomic E-state index is 6.08. The zero-order chi connectivity index (χ0) is 11.5. The minimum atomic E-state index is 0.343. The van der Waals surface area contributed by atoms with Crippen LogP contribution in [-0.4, -0.2) is 11.5 Å². The predicted molar refractivity (Wildman–Crippen MR) is 73.2 cm³/mol. The fourth-order valence-corrected chi connectivity index (χ4v) is 2.30. The Hall–Kier alpha value is -0.800. The van der Waals surface area contributed by atoms with Gasteiger partial charge in [0.15, 0.2) is 0 Å². The Morgan fingerprint density at radius 2 is 2.25 bits per heavy atom. The van der Waals surface area contributed by atoms with E-state index in [1.807, 2.05) is 18.2 Å². The van der Waals surface area contributed by atoms with E-state index in [9.17, 15) is 0 Å². The van der Waals surface area contributed by atoms with Gasteiger partial charge in [0.1, 0.15) is 4.99 Å². The molecule has 0 radical (unpaired) electrons. The fraction of sp³-hybridized carbons (Fsp3) is 0.417. The van der Waals surface area contributed by atoms with Crippen molar-refractivity contribution in [1.29, 1.82) is 0 Å². The summed E-state index contributed by atoms with van der Waals surface area (Å²) in [5.41, 5.74) is 7.32. The number of thiocarbonyl (C=S) groups is 1. The topological polar surface area (TPSA) is 38.0 Å². The molecule has 1 fully saturated rings. The zero-order valence-electron chi connectivity index (χ0n) is 9.00. The van der Waals surface area contributed by atoms with Crippen molar-refractivity contribution >= 4 is 34.5 Å². The molecule has 0 heterocycles. The van der Waals surface area contributed by atoms with Crippen molar-refractivity contribution in [2.45, 2.75) is 19.3 Å². The Balaban J connectivity index is 1.99. The monoisotopic (exact) mass is 254 g/mol. The SMILES string of the molecule is NC(=S)c1ccc(NCC2CCC2)cc1Cl. The molecular formula is C12H15ClN2S. The van der Waals surface area contributed by atoms with E-state index in [0.717, 1.165) is 23.7 Å². The molecule has 0 bridgehead atoms. The molecule has 1 aliphatic rings. The number of halogens is 1. The first-order valence-corrected chi connectivity index (χ1v) is 6.28. The summed E-state index contributed by atoms with van der Waals surface area (Å²) in [5.74, 6) is 0.828. The van der Waals surface area contributed by atoms with Gasteiger partial charge in [-0.15, -0.1) is 0 Å². The summed E-state index contributed by atoms with van der Waals surface area (Å²) in [6.07, 6.45) is 4.05. The van der Waals surface area contributed by atoms with E-state index in [-0.39, 0.29) is 0 Å². The lowest BCUT2D eigenvalue weighted by Crippen LogP contribution is -2.21. The van der Waals surface area contributed by atoms with Crippen LogP contribution in [-0.2, 0) is 0 Å². The molecule has 16 heavy (non-hydrogen) atoms. The third-order valence-corrected chi connectivity index (χ3v) is 3.59. The highest BCUT2D eigenvalue weighted by Gasteiger charge is 2.16. The van der Waals surface area contributed by atoms with Gasteiger partial charge in [-0.05, 0) is 37.0 Å². The smallest absolute Gasteiger partial charge is 0.105 e. The lowest BCUT2D eigenvalue weighted by molar-refractivity contribution is 0.333. The molecule has 0 spiro atoms. The van der Waals surface area contributed by atoms with Crippen LogP contribution in [0.1, 0.15) is 24.8 Å². The maximum Gasteiger partial charge on any atom is 0.105 e. The average molecular weight is 255 g/mol. The van der Waals surface area contributed by atoms with Crippen LogP contribution in [0.5, 0.6) is 0 Å². The third-order valence-electron chi connectivity index (χ3n) is 3.05. The van der Waals surface area contributed by atoms with E-state index in [4.69, 9.17) is 29.6 Å². The van der Waals surface area contributed by atoms with Crippen molar-refractivity contribution in [1.82, 2.24) is 0 Å². The van der Waals surface area contributed by atoms with Gasteiger partial charge in [0.05, 0.1) is 5.02 Å². The van der Waals surface area contributed by atoms with E-state index >= 15 is 0 Å². The summed E-state index contributed by atoms with van der Waals surface area (Å²) in [7, 11) is 0. The number of hydrogen-bond acceptors (Lipinski definition) is 2. The van der Waals surface area contributed by atoms with E-state index < -0.39 is 0 Å². The minimum Gasteiger partial charge on any atom is -0.389 e. The van der Waals surface area contributed by atoms with E-state index in [1.54, 1.807) is 0 Å². The zero-order valence-corrected chi connectivity index (χ0v) is 10.6. The highest BCUT2D eigenvalue weighted by molar-refractivity contribution is 7.80. The van der Waals surface area contributed by atoms with Crippen LogP contribution < -0.4 is 11.1 Å². The maximum absolute atomic E-state index is 6.08. The Morgan fingerprint density at radius 3 is 2.75 bits per heavy atom. The summed E-state index contributed by atoms with van der Waals surface area (Å²) in [6, 6.07) is 5.72.